The number of hydrogen-bond donors (Lipinski definition) is 3. The predicted octanol–water partition coefficient (Wildman–Crippen LogP) is 2.99. The zero-order chi connectivity index (χ0) is 17.8. The van der Waals surface area contributed by atoms with Crippen LogP contribution < -0.4 is 10.6 Å². The summed E-state index contributed by atoms with van der Waals surface area (Å²) in [5, 5.41) is 12.2. The molecule has 0 saturated carbocycles. The largest absolute Gasteiger partial charge is 0.416 e. The van der Waals surface area contributed by atoms with E-state index in [1.165, 1.54) is 12.2 Å². The number of carbonyl (C=O) groups excluding carboxylic acids is 1. The maximum absolute atomic E-state index is 13.1. The molecule has 0 bridgehead atoms. The van der Waals surface area contributed by atoms with E-state index in [-0.39, 0.29) is 0 Å². The van der Waals surface area contributed by atoms with Crippen LogP contribution in [0.4, 0.5) is 31.1 Å². The quantitative estimate of drug-likeness (QED) is 0.736. The van der Waals surface area contributed by atoms with Crippen molar-refractivity contribution in [2.75, 3.05) is 6.61 Å². The van der Waals surface area contributed by atoms with E-state index in [0.717, 1.165) is 12.1 Å². The molecule has 23 heavy (non-hydrogen) atoms. The van der Waals surface area contributed by atoms with Gasteiger partial charge in [0.05, 0.1) is 18.2 Å². The Bertz CT molecular complexity index is 544. The average molecular weight is 344 g/mol. The van der Waals surface area contributed by atoms with Gasteiger partial charge in [0.15, 0.2) is 6.04 Å². The van der Waals surface area contributed by atoms with Gasteiger partial charge in [0.25, 0.3) is 0 Å². The number of halogens is 6. The Morgan fingerprint density at radius 3 is 2.17 bits per heavy atom. The molecule has 2 atom stereocenters. The van der Waals surface area contributed by atoms with E-state index in [0.29, 0.717) is 12.1 Å². The molecule has 0 unspecified atom stereocenters. The topological polar surface area (TPSA) is 61.4 Å². The first kappa shape index (κ1) is 19.1. The van der Waals surface area contributed by atoms with Crippen molar-refractivity contribution in [1.82, 2.24) is 10.6 Å². The number of aliphatic hydroxyl groups is 1. The van der Waals surface area contributed by atoms with Crippen LogP contribution in [0.25, 0.3) is 0 Å². The third-order valence-corrected chi connectivity index (χ3v) is 2.83. The molecule has 0 aromatic heterocycles. The van der Waals surface area contributed by atoms with Gasteiger partial charge in [-0.15, -0.1) is 0 Å². The van der Waals surface area contributed by atoms with E-state index >= 15 is 0 Å². The summed E-state index contributed by atoms with van der Waals surface area (Å²) in [4.78, 5) is 11.5. The third-order valence-electron chi connectivity index (χ3n) is 2.83. The SMILES string of the molecule is C[C@H](CO)NC(=O)N[C@@H](c1ccccc1C(F)(F)F)C(F)(F)F. The molecular formula is C13H14F6N2O2. The summed E-state index contributed by atoms with van der Waals surface area (Å²) in [6.45, 7) is 0.773. The molecule has 0 saturated heterocycles. The number of carbonyl (C=O) groups is 1. The summed E-state index contributed by atoms with van der Waals surface area (Å²) in [5.74, 6) is 0. The van der Waals surface area contributed by atoms with E-state index < -0.39 is 48.2 Å². The first-order chi connectivity index (χ1) is 10.5. The highest BCUT2D eigenvalue weighted by molar-refractivity contribution is 5.75. The van der Waals surface area contributed by atoms with Crippen molar-refractivity contribution < 1.29 is 36.2 Å². The Hall–Kier alpha value is -1.97. The number of benzene rings is 1. The molecule has 1 aromatic rings. The molecule has 0 spiro atoms. The van der Waals surface area contributed by atoms with Gasteiger partial charge in [-0.3, -0.25) is 0 Å². The second-order valence-corrected chi connectivity index (χ2v) is 4.76. The lowest BCUT2D eigenvalue weighted by molar-refractivity contribution is -0.160. The number of aliphatic hydroxyl groups excluding tert-OH is 1. The summed E-state index contributed by atoms with van der Waals surface area (Å²) in [6.07, 6.45) is -10.1. The standard InChI is InChI=1S/C13H14F6N2O2/c1-7(6-22)20-11(23)21-10(13(17,18)19)8-4-2-3-5-9(8)12(14,15)16/h2-5,7,10,22H,6H2,1H3,(H2,20,21,23)/t7-,10+/m1/s1. The summed E-state index contributed by atoms with van der Waals surface area (Å²) in [7, 11) is 0. The molecule has 130 valence electrons. The molecule has 0 heterocycles. The highest BCUT2D eigenvalue weighted by Crippen LogP contribution is 2.40. The first-order valence-corrected chi connectivity index (χ1v) is 6.37. The normalized spacial score (nSPS) is 15.0. The number of urea groups is 1. The minimum Gasteiger partial charge on any atom is -0.394 e. The van der Waals surface area contributed by atoms with Gasteiger partial charge >= 0.3 is 18.4 Å². The molecule has 0 radical (unpaired) electrons. The summed E-state index contributed by atoms with van der Waals surface area (Å²) < 4.78 is 77.9. The molecule has 1 rings (SSSR count). The second kappa shape index (κ2) is 7.07. The van der Waals surface area contributed by atoms with Crippen LogP contribution in [-0.4, -0.2) is 30.0 Å². The molecule has 0 fully saturated rings. The van der Waals surface area contributed by atoms with Crippen molar-refractivity contribution >= 4 is 6.03 Å². The first-order valence-electron chi connectivity index (χ1n) is 6.37. The number of hydrogen-bond acceptors (Lipinski definition) is 2. The number of alkyl halides is 6. The van der Waals surface area contributed by atoms with E-state index in [2.05, 4.69) is 0 Å². The molecule has 10 heteroatoms. The van der Waals surface area contributed by atoms with E-state index in [9.17, 15) is 31.1 Å². The number of nitrogens with one attached hydrogen (secondary N) is 2. The van der Waals surface area contributed by atoms with Gasteiger partial charge in [0.1, 0.15) is 0 Å². The van der Waals surface area contributed by atoms with E-state index in [1.54, 1.807) is 0 Å². The summed E-state index contributed by atoms with van der Waals surface area (Å²) >= 11 is 0. The maximum Gasteiger partial charge on any atom is 0.416 e. The second-order valence-electron chi connectivity index (χ2n) is 4.76. The van der Waals surface area contributed by atoms with Gasteiger partial charge in [0.2, 0.25) is 0 Å². The van der Waals surface area contributed by atoms with E-state index in [4.69, 9.17) is 5.11 Å². The van der Waals surface area contributed by atoms with Gasteiger partial charge in [0, 0.05) is 0 Å². The Labute approximate surface area is 127 Å². The van der Waals surface area contributed by atoms with Gasteiger partial charge < -0.3 is 15.7 Å². The lowest BCUT2D eigenvalue weighted by Gasteiger charge is -2.25. The smallest absolute Gasteiger partial charge is 0.394 e. The summed E-state index contributed by atoms with van der Waals surface area (Å²) in [6, 6.07) is -1.92. The fourth-order valence-corrected chi connectivity index (χ4v) is 1.78. The highest BCUT2D eigenvalue weighted by atomic mass is 19.4. The Kier molecular flexibility index (Phi) is 5.86. The molecule has 0 aliphatic rings. The Morgan fingerprint density at radius 1 is 1.13 bits per heavy atom. The lowest BCUT2D eigenvalue weighted by atomic mass is 9.99. The fraction of sp³-hybridized carbons (Fsp3) is 0.462. The van der Waals surface area contributed by atoms with Crippen LogP contribution in [0.2, 0.25) is 0 Å². The number of rotatable bonds is 4. The maximum atomic E-state index is 13.1. The van der Waals surface area contributed by atoms with Gasteiger partial charge in [-0.2, -0.15) is 26.3 Å². The molecule has 0 aliphatic heterocycles. The van der Waals surface area contributed by atoms with Crippen LogP contribution in [0.5, 0.6) is 0 Å². The zero-order valence-corrected chi connectivity index (χ0v) is 11.8. The van der Waals surface area contributed by atoms with Crippen molar-refractivity contribution in [3.8, 4) is 0 Å². The van der Waals surface area contributed by atoms with Crippen molar-refractivity contribution in [3.05, 3.63) is 35.4 Å². The van der Waals surface area contributed by atoms with Gasteiger partial charge in [-0.05, 0) is 18.6 Å². The molecule has 4 nitrogen and oxygen atoms in total. The van der Waals surface area contributed by atoms with Crippen LogP contribution in [0.15, 0.2) is 24.3 Å². The van der Waals surface area contributed by atoms with Crippen LogP contribution in [0.3, 0.4) is 0 Å². The minimum absolute atomic E-state index is 0.504. The zero-order valence-electron chi connectivity index (χ0n) is 11.8. The molecular weight excluding hydrogens is 330 g/mol. The van der Waals surface area contributed by atoms with Crippen molar-refractivity contribution in [2.45, 2.75) is 31.4 Å². The predicted molar refractivity (Wildman–Crippen MR) is 68.5 cm³/mol. The third kappa shape index (κ3) is 5.31. The Balaban J connectivity index is 3.17. The molecule has 2 amide bonds. The molecule has 0 aliphatic carbocycles. The number of amides is 2. The minimum atomic E-state index is -5.14. The Morgan fingerprint density at radius 2 is 1.70 bits per heavy atom. The van der Waals surface area contributed by atoms with Crippen LogP contribution in [0, 0.1) is 0 Å². The fourth-order valence-electron chi connectivity index (χ4n) is 1.78. The van der Waals surface area contributed by atoms with Crippen LogP contribution in [0.1, 0.15) is 24.1 Å². The van der Waals surface area contributed by atoms with E-state index in [1.807, 2.05) is 5.32 Å². The molecule has 3 N–H and O–H groups in total. The highest BCUT2D eigenvalue weighted by Gasteiger charge is 2.46. The van der Waals surface area contributed by atoms with Crippen LogP contribution >= 0.6 is 0 Å². The monoisotopic (exact) mass is 344 g/mol. The van der Waals surface area contributed by atoms with Crippen molar-refractivity contribution in [3.63, 3.8) is 0 Å². The van der Waals surface area contributed by atoms with Gasteiger partial charge in [-0.25, -0.2) is 4.79 Å². The average Bonchev–Trinajstić information content (AvgIpc) is 2.42. The van der Waals surface area contributed by atoms with Crippen molar-refractivity contribution in [2.24, 2.45) is 0 Å². The van der Waals surface area contributed by atoms with Crippen LogP contribution in [-0.2, 0) is 6.18 Å². The van der Waals surface area contributed by atoms with Gasteiger partial charge in [-0.1, -0.05) is 18.2 Å². The summed E-state index contributed by atoms with van der Waals surface area (Å²) in [5.41, 5.74) is -2.60. The lowest BCUT2D eigenvalue weighted by Crippen LogP contribution is -2.47. The molecule has 1 aromatic carbocycles. The van der Waals surface area contributed by atoms with Crippen molar-refractivity contribution in [1.29, 1.82) is 0 Å².